The van der Waals surface area contributed by atoms with Crippen LogP contribution in [0, 0.1) is 23.8 Å². The highest BCUT2D eigenvalue weighted by Crippen LogP contribution is 2.38. The van der Waals surface area contributed by atoms with Gasteiger partial charge in [0.2, 0.25) is 0 Å². The monoisotopic (exact) mass is 208 g/mol. The van der Waals surface area contributed by atoms with Crippen LogP contribution in [-0.4, -0.2) is 5.78 Å². The van der Waals surface area contributed by atoms with E-state index in [4.69, 9.17) is 11.8 Å². The van der Waals surface area contributed by atoms with Crippen molar-refractivity contribution in [2.75, 3.05) is 0 Å². The lowest BCUT2D eigenvalue weighted by molar-refractivity contribution is 0.0965. The first kappa shape index (κ1) is 10.1. The molecule has 1 aromatic rings. The largest absolute Gasteiger partial charge is 0.294 e. The summed E-state index contributed by atoms with van der Waals surface area (Å²) in [4.78, 5) is 15.1. The molecule has 0 fully saturated rings. The topological polar surface area (TPSA) is 45.2 Å². The fourth-order valence-corrected chi connectivity index (χ4v) is 2.01. The summed E-state index contributed by atoms with van der Waals surface area (Å²) in [5, 5.41) is 8.88. The molecule has 0 radical (unpaired) electrons. The number of ketones is 1. The molecular weight excluding hydrogens is 200 g/mol. The summed E-state index contributed by atoms with van der Waals surface area (Å²) in [7, 11) is 0. The first-order chi connectivity index (χ1) is 7.70. The van der Waals surface area contributed by atoms with Gasteiger partial charge in [-0.15, -0.1) is 0 Å². The molecule has 0 saturated carbocycles. The van der Waals surface area contributed by atoms with Crippen LogP contribution in [0.4, 0.5) is 0 Å². The maximum absolute atomic E-state index is 11.9. The van der Waals surface area contributed by atoms with Crippen LogP contribution in [0.3, 0.4) is 0 Å². The average Bonchev–Trinajstić information content (AvgIpc) is 2.57. The standard InChI is InChI=1S/C13H8N2O/c1-8-12(11(7-14)15-2)9-5-3-4-6-10(9)13(8)16/h3-6,8H,1H3/b12-11-. The molecule has 0 aliphatic heterocycles. The van der Waals surface area contributed by atoms with E-state index in [1.165, 1.54) is 0 Å². The van der Waals surface area contributed by atoms with Crippen LogP contribution in [0.1, 0.15) is 22.8 Å². The van der Waals surface area contributed by atoms with Crippen LogP contribution in [-0.2, 0) is 0 Å². The second-order valence-corrected chi connectivity index (χ2v) is 3.62. The van der Waals surface area contributed by atoms with E-state index in [0.717, 1.165) is 5.56 Å². The van der Waals surface area contributed by atoms with Gasteiger partial charge in [0.05, 0.1) is 12.6 Å². The molecule has 76 valence electrons. The van der Waals surface area contributed by atoms with Crippen LogP contribution in [0.25, 0.3) is 10.4 Å². The van der Waals surface area contributed by atoms with Crippen LogP contribution < -0.4 is 0 Å². The maximum Gasteiger partial charge on any atom is 0.266 e. The van der Waals surface area contributed by atoms with Crippen molar-refractivity contribution < 1.29 is 4.79 Å². The van der Waals surface area contributed by atoms with Crippen molar-refractivity contribution in [3.63, 3.8) is 0 Å². The number of Topliss-reactive ketones (excluding diaryl/α,β-unsaturated/α-hetero) is 1. The molecule has 1 aliphatic rings. The Hall–Kier alpha value is -2.39. The summed E-state index contributed by atoms with van der Waals surface area (Å²) < 4.78 is 0. The van der Waals surface area contributed by atoms with Gasteiger partial charge in [-0.05, 0) is 11.1 Å². The Morgan fingerprint density at radius 2 is 2.06 bits per heavy atom. The zero-order valence-electron chi connectivity index (χ0n) is 8.69. The van der Waals surface area contributed by atoms with E-state index in [1.807, 2.05) is 12.1 Å². The zero-order chi connectivity index (χ0) is 11.7. The quantitative estimate of drug-likeness (QED) is 0.486. The highest BCUT2D eigenvalue weighted by Gasteiger charge is 2.33. The van der Waals surface area contributed by atoms with E-state index in [2.05, 4.69) is 4.85 Å². The Bertz CT molecular complexity index is 569. The number of rotatable bonds is 0. The fraction of sp³-hybridized carbons (Fsp3) is 0.154. The van der Waals surface area contributed by atoms with Crippen LogP contribution in [0.5, 0.6) is 0 Å². The van der Waals surface area contributed by atoms with Gasteiger partial charge < -0.3 is 0 Å². The predicted molar refractivity (Wildman–Crippen MR) is 59.1 cm³/mol. The predicted octanol–water partition coefficient (Wildman–Crippen LogP) is 2.67. The lowest BCUT2D eigenvalue weighted by Gasteiger charge is -2.03. The molecule has 0 heterocycles. The van der Waals surface area contributed by atoms with Gasteiger partial charge in [-0.25, -0.2) is 10.1 Å². The molecule has 1 atom stereocenters. The van der Waals surface area contributed by atoms with E-state index >= 15 is 0 Å². The second-order valence-electron chi connectivity index (χ2n) is 3.62. The molecule has 0 bridgehead atoms. The highest BCUT2D eigenvalue weighted by molar-refractivity contribution is 6.14. The van der Waals surface area contributed by atoms with Crippen molar-refractivity contribution in [1.29, 1.82) is 5.26 Å². The maximum atomic E-state index is 11.9. The Kier molecular flexibility index (Phi) is 2.31. The molecule has 1 unspecified atom stereocenters. The Morgan fingerprint density at radius 3 is 2.62 bits per heavy atom. The van der Waals surface area contributed by atoms with Gasteiger partial charge in [0, 0.05) is 11.5 Å². The highest BCUT2D eigenvalue weighted by atomic mass is 16.1. The van der Waals surface area contributed by atoms with Crippen molar-refractivity contribution in [2.24, 2.45) is 5.92 Å². The molecule has 1 aromatic carbocycles. The van der Waals surface area contributed by atoms with E-state index in [1.54, 1.807) is 25.1 Å². The van der Waals surface area contributed by atoms with E-state index < -0.39 is 0 Å². The molecule has 0 N–H and O–H groups in total. The number of hydrogen-bond donors (Lipinski definition) is 0. The Morgan fingerprint density at radius 1 is 1.44 bits per heavy atom. The SMILES string of the molecule is [C-]#[N+]/C(C#N)=C1\c2ccccc2C(=O)C1C. The smallest absolute Gasteiger partial charge is 0.266 e. The van der Waals surface area contributed by atoms with Gasteiger partial charge in [-0.1, -0.05) is 31.2 Å². The van der Waals surface area contributed by atoms with Gasteiger partial charge >= 0.3 is 0 Å². The average molecular weight is 208 g/mol. The number of hydrogen-bond acceptors (Lipinski definition) is 2. The van der Waals surface area contributed by atoms with E-state index in [0.29, 0.717) is 11.1 Å². The molecule has 0 spiro atoms. The van der Waals surface area contributed by atoms with Crippen molar-refractivity contribution in [2.45, 2.75) is 6.92 Å². The summed E-state index contributed by atoms with van der Waals surface area (Å²) in [6.45, 7) is 8.69. The Balaban J connectivity index is 2.78. The van der Waals surface area contributed by atoms with Crippen LogP contribution >= 0.6 is 0 Å². The van der Waals surface area contributed by atoms with Crippen molar-refractivity contribution in [3.05, 3.63) is 52.5 Å². The number of carbonyl (C=O) groups excluding carboxylic acids is 1. The number of nitriles is 1. The summed E-state index contributed by atoms with van der Waals surface area (Å²) in [6.07, 6.45) is 0. The zero-order valence-corrected chi connectivity index (χ0v) is 8.69. The van der Waals surface area contributed by atoms with Gasteiger partial charge in [-0.2, -0.15) is 0 Å². The molecule has 0 amide bonds. The molecular formula is C13H8N2O. The Labute approximate surface area is 93.4 Å². The molecule has 0 saturated heterocycles. The number of benzene rings is 1. The number of nitrogens with zero attached hydrogens (tertiary/aromatic N) is 2. The van der Waals surface area contributed by atoms with Crippen molar-refractivity contribution >= 4 is 11.4 Å². The van der Waals surface area contributed by atoms with Crippen molar-refractivity contribution in [1.82, 2.24) is 0 Å². The summed E-state index contributed by atoms with van der Waals surface area (Å²) in [5.74, 6) is -0.400. The number of carbonyl (C=O) groups is 1. The molecule has 0 aromatic heterocycles. The third-order valence-corrected chi connectivity index (χ3v) is 2.78. The first-order valence-electron chi connectivity index (χ1n) is 4.86. The molecule has 3 heteroatoms. The van der Waals surface area contributed by atoms with E-state index in [-0.39, 0.29) is 17.4 Å². The minimum atomic E-state index is -0.388. The minimum absolute atomic E-state index is 0.0120. The number of fused-ring (bicyclic) bond motifs is 1. The second kappa shape index (κ2) is 3.64. The summed E-state index contributed by atoms with van der Waals surface area (Å²) in [6, 6.07) is 8.98. The third-order valence-electron chi connectivity index (χ3n) is 2.78. The lowest BCUT2D eigenvalue weighted by Crippen LogP contribution is -2.03. The van der Waals surface area contributed by atoms with Crippen molar-refractivity contribution in [3.8, 4) is 6.07 Å². The normalized spacial score (nSPS) is 20.9. The molecule has 3 nitrogen and oxygen atoms in total. The van der Waals surface area contributed by atoms with E-state index in [9.17, 15) is 4.79 Å². The van der Waals surface area contributed by atoms with Crippen LogP contribution in [0.15, 0.2) is 30.0 Å². The summed E-state index contributed by atoms with van der Waals surface area (Å²) >= 11 is 0. The molecule has 16 heavy (non-hydrogen) atoms. The third kappa shape index (κ3) is 1.23. The van der Waals surface area contributed by atoms with Gasteiger partial charge in [-0.3, -0.25) is 4.79 Å². The molecule has 2 rings (SSSR count). The van der Waals surface area contributed by atoms with Gasteiger partial charge in [0.15, 0.2) is 5.78 Å². The van der Waals surface area contributed by atoms with Gasteiger partial charge in [0.1, 0.15) is 0 Å². The van der Waals surface area contributed by atoms with Crippen LogP contribution in [0.2, 0.25) is 0 Å². The van der Waals surface area contributed by atoms with Gasteiger partial charge in [0.25, 0.3) is 5.70 Å². The minimum Gasteiger partial charge on any atom is -0.294 e. The molecule has 1 aliphatic carbocycles. The number of allylic oxidation sites excluding steroid dienone is 2. The fourth-order valence-electron chi connectivity index (χ4n) is 2.01. The lowest BCUT2D eigenvalue weighted by atomic mass is 9.99. The first-order valence-corrected chi connectivity index (χ1v) is 4.86. The summed E-state index contributed by atoms with van der Waals surface area (Å²) in [5.41, 5.74) is 1.93.